The minimum Gasteiger partial charge on any atom is -0.480 e. The zero-order chi connectivity index (χ0) is 14.0. The Morgan fingerprint density at radius 1 is 1.47 bits per heavy atom. The Hall–Kier alpha value is -2.15. The van der Waals surface area contributed by atoms with Crippen molar-refractivity contribution in [1.29, 1.82) is 0 Å². The first kappa shape index (κ1) is 13.3. The smallest absolute Gasteiger partial charge is 0.328 e. The molecular formula is C11H10ClN3O4. The second-order valence-corrected chi connectivity index (χ2v) is 4.39. The number of amides is 2. The molecule has 8 heteroatoms. The van der Waals surface area contributed by atoms with Crippen molar-refractivity contribution >= 4 is 29.4 Å². The van der Waals surface area contributed by atoms with E-state index in [1.54, 1.807) is 0 Å². The Labute approximate surface area is 113 Å². The summed E-state index contributed by atoms with van der Waals surface area (Å²) in [6, 6.07) is 1.76. The van der Waals surface area contributed by atoms with Crippen molar-refractivity contribution in [2.45, 2.75) is 6.04 Å². The Bertz CT molecular complexity index is 531. The monoisotopic (exact) mass is 283 g/mol. The lowest BCUT2D eigenvalue weighted by Crippen LogP contribution is -2.59. The molecule has 1 atom stereocenters. The molecule has 0 aromatic carbocycles. The van der Waals surface area contributed by atoms with Crippen LogP contribution in [0.4, 0.5) is 0 Å². The molecule has 1 aromatic heterocycles. The highest BCUT2D eigenvalue weighted by Crippen LogP contribution is 2.12. The van der Waals surface area contributed by atoms with Crippen LogP contribution in [0.2, 0.25) is 5.02 Å². The zero-order valence-corrected chi connectivity index (χ0v) is 10.4. The number of carbonyl (C=O) groups is 3. The van der Waals surface area contributed by atoms with E-state index in [-0.39, 0.29) is 18.8 Å². The maximum Gasteiger partial charge on any atom is 0.328 e. The molecule has 0 bridgehead atoms. The first-order chi connectivity index (χ1) is 8.99. The lowest BCUT2D eigenvalue weighted by molar-refractivity contribution is -0.144. The SMILES string of the molecule is O=C1CN(C(=O)c2ccc(Cl)cn2)C(C(=O)O)CN1. The first-order valence-corrected chi connectivity index (χ1v) is 5.79. The Kier molecular flexibility index (Phi) is 3.66. The van der Waals surface area contributed by atoms with E-state index in [9.17, 15) is 14.4 Å². The molecule has 2 N–H and O–H groups in total. The molecule has 19 heavy (non-hydrogen) atoms. The van der Waals surface area contributed by atoms with E-state index < -0.39 is 23.8 Å². The Morgan fingerprint density at radius 2 is 2.21 bits per heavy atom. The molecule has 0 aliphatic carbocycles. The van der Waals surface area contributed by atoms with Crippen LogP contribution in [0.15, 0.2) is 18.3 Å². The Morgan fingerprint density at radius 3 is 2.79 bits per heavy atom. The topological polar surface area (TPSA) is 99.6 Å². The summed E-state index contributed by atoms with van der Waals surface area (Å²) in [4.78, 5) is 39.3. The van der Waals surface area contributed by atoms with Gasteiger partial charge in [-0.05, 0) is 12.1 Å². The van der Waals surface area contributed by atoms with Crippen molar-refractivity contribution in [2.24, 2.45) is 0 Å². The number of hydrogen-bond acceptors (Lipinski definition) is 4. The molecule has 0 saturated carbocycles. The van der Waals surface area contributed by atoms with Crippen LogP contribution < -0.4 is 5.32 Å². The molecule has 1 aliphatic rings. The Balaban J connectivity index is 2.26. The van der Waals surface area contributed by atoms with Gasteiger partial charge in [0.15, 0.2) is 0 Å². The molecule has 2 amide bonds. The number of carbonyl (C=O) groups excluding carboxylic acids is 2. The highest BCUT2D eigenvalue weighted by Gasteiger charge is 2.35. The number of pyridine rings is 1. The van der Waals surface area contributed by atoms with Gasteiger partial charge in [0.1, 0.15) is 18.3 Å². The van der Waals surface area contributed by atoms with Crippen LogP contribution in [0, 0.1) is 0 Å². The number of nitrogens with one attached hydrogen (secondary N) is 1. The van der Waals surface area contributed by atoms with Crippen LogP contribution in [0.1, 0.15) is 10.5 Å². The average molecular weight is 284 g/mol. The summed E-state index contributed by atoms with van der Waals surface area (Å²) >= 11 is 5.66. The molecule has 1 aromatic rings. The van der Waals surface area contributed by atoms with Gasteiger partial charge in [-0.15, -0.1) is 0 Å². The highest BCUT2D eigenvalue weighted by molar-refractivity contribution is 6.30. The number of carboxylic acids is 1. The van der Waals surface area contributed by atoms with Crippen LogP contribution in [0.5, 0.6) is 0 Å². The predicted molar refractivity (Wildman–Crippen MR) is 64.7 cm³/mol. The number of piperazine rings is 1. The van der Waals surface area contributed by atoms with Gasteiger partial charge < -0.3 is 15.3 Å². The number of nitrogens with zero attached hydrogens (tertiary/aromatic N) is 2. The summed E-state index contributed by atoms with van der Waals surface area (Å²) in [5.41, 5.74) is 0.0466. The fraction of sp³-hybridized carbons (Fsp3) is 0.273. The number of hydrogen-bond donors (Lipinski definition) is 2. The van der Waals surface area contributed by atoms with Gasteiger partial charge in [-0.25, -0.2) is 9.78 Å². The first-order valence-electron chi connectivity index (χ1n) is 5.41. The van der Waals surface area contributed by atoms with E-state index in [0.29, 0.717) is 5.02 Å². The molecule has 1 saturated heterocycles. The molecule has 1 fully saturated rings. The molecule has 100 valence electrons. The standard InChI is InChI=1S/C11H10ClN3O4/c12-6-1-2-7(13-3-6)10(17)15-5-9(16)14-4-8(15)11(18)19/h1-3,8H,4-5H2,(H,14,16)(H,18,19). The zero-order valence-electron chi connectivity index (χ0n) is 9.67. The van der Waals surface area contributed by atoms with Crippen LogP contribution in [0.25, 0.3) is 0 Å². The summed E-state index contributed by atoms with van der Waals surface area (Å²) in [5, 5.41) is 11.8. The van der Waals surface area contributed by atoms with Crippen LogP contribution in [-0.4, -0.2) is 51.9 Å². The lowest BCUT2D eigenvalue weighted by atomic mass is 10.1. The summed E-state index contributed by atoms with van der Waals surface area (Å²) < 4.78 is 0. The quantitative estimate of drug-likeness (QED) is 0.780. The van der Waals surface area contributed by atoms with E-state index in [2.05, 4.69) is 10.3 Å². The summed E-state index contributed by atoms with van der Waals surface area (Å²) in [6.45, 7) is -0.423. The molecular weight excluding hydrogens is 274 g/mol. The highest BCUT2D eigenvalue weighted by atomic mass is 35.5. The average Bonchev–Trinajstić information content (AvgIpc) is 2.38. The van der Waals surface area contributed by atoms with Gasteiger partial charge in [-0.2, -0.15) is 0 Å². The predicted octanol–water partition coefficient (Wildman–Crippen LogP) is -0.240. The normalized spacial score (nSPS) is 18.9. The second kappa shape index (κ2) is 5.23. The summed E-state index contributed by atoms with van der Waals surface area (Å²) in [7, 11) is 0. The van der Waals surface area contributed by atoms with E-state index in [1.807, 2.05) is 0 Å². The number of aliphatic carboxylic acids is 1. The fourth-order valence-corrected chi connectivity index (χ4v) is 1.84. The minimum atomic E-state index is -1.18. The van der Waals surface area contributed by atoms with E-state index >= 15 is 0 Å². The van der Waals surface area contributed by atoms with Crippen molar-refractivity contribution in [3.05, 3.63) is 29.0 Å². The van der Waals surface area contributed by atoms with Crippen molar-refractivity contribution < 1.29 is 19.5 Å². The van der Waals surface area contributed by atoms with Gasteiger partial charge in [0, 0.05) is 12.7 Å². The summed E-state index contributed by atoms with van der Waals surface area (Å²) in [6.07, 6.45) is 1.29. The number of halogens is 1. The second-order valence-electron chi connectivity index (χ2n) is 3.95. The largest absolute Gasteiger partial charge is 0.480 e. The van der Waals surface area contributed by atoms with Crippen molar-refractivity contribution in [3.8, 4) is 0 Å². The summed E-state index contributed by atoms with van der Waals surface area (Å²) in [5.74, 6) is -2.19. The minimum absolute atomic E-state index is 0.0466. The number of rotatable bonds is 2. The van der Waals surface area contributed by atoms with Crippen molar-refractivity contribution in [2.75, 3.05) is 13.1 Å². The van der Waals surface area contributed by atoms with Gasteiger partial charge >= 0.3 is 5.97 Å². The van der Waals surface area contributed by atoms with E-state index in [0.717, 1.165) is 4.90 Å². The molecule has 7 nitrogen and oxygen atoms in total. The number of carboxylic acid groups (broad SMARTS) is 1. The number of aromatic nitrogens is 1. The van der Waals surface area contributed by atoms with E-state index in [1.165, 1.54) is 18.3 Å². The van der Waals surface area contributed by atoms with Crippen LogP contribution >= 0.6 is 11.6 Å². The fourth-order valence-electron chi connectivity index (χ4n) is 1.72. The van der Waals surface area contributed by atoms with Crippen molar-refractivity contribution in [3.63, 3.8) is 0 Å². The maximum absolute atomic E-state index is 12.1. The molecule has 1 aliphatic heterocycles. The van der Waals surface area contributed by atoms with Gasteiger partial charge in [0.2, 0.25) is 5.91 Å². The van der Waals surface area contributed by atoms with Crippen LogP contribution in [-0.2, 0) is 9.59 Å². The molecule has 0 radical (unpaired) electrons. The van der Waals surface area contributed by atoms with Gasteiger partial charge in [0.25, 0.3) is 5.91 Å². The third-order valence-electron chi connectivity index (χ3n) is 2.68. The lowest BCUT2D eigenvalue weighted by Gasteiger charge is -2.32. The van der Waals surface area contributed by atoms with Gasteiger partial charge in [-0.3, -0.25) is 9.59 Å². The molecule has 2 rings (SSSR count). The third kappa shape index (κ3) is 2.82. The van der Waals surface area contributed by atoms with E-state index in [4.69, 9.17) is 16.7 Å². The molecule has 1 unspecified atom stereocenters. The van der Waals surface area contributed by atoms with Gasteiger partial charge in [0.05, 0.1) is 5.02 Å². The van der Waals surface area contributed by atoms with Crippen molar-refractivity contribution in [1.82, 2.24) is 15.2 Å². The van der Waals surface area contributed by atoms with Gasteiger partial charge in [-0.1, -0.05) is 11.6 Å². The molecule has 0 spiro atoms. The third-order valence-corrected chi connectivity index (χ3v) is 2.90. The maximum atomic E-state index is 12.1. The molecule has 2 heterocycles. The van der Waals surface area contributed by atoms with Crippen LogP contribution in [0.3, 0.4) is 0 Å².